The second-order valence-electron chi connectivity index (χ2n) is 5.66. The number of hydrogen-bond donors (Lipinski definition) is 2. The molecule has 0 saturated heterocycles. The molecule has 2 unspecified atom stereocenters. The molecule has 1 fully saturated rings. The van der Waals surface area contributed by atoms with Gasteiger partial charge in [0.2, 0.25) is 0 Å². The number of fused-ring (bicyclic) bond motifs is 1. The summed E-state index contributed by atoms with van der Waals surface area (Å²) >= 11 is 3.50. The fraction of sp³-hybridized carbons (Fsp3) is 0.412. The van der Waals surface area contributed by atoms with Gasteiger partial charge >= 0.3 is 0 Å². The lowest BCUT2D eigenvalue weighted by Gasteiger charge is -2.23. The molecule has 0 spiro atoms. The molecule has 3 heteroatoms. The van der Waals surface area contributed by atoms with Crippen LogP contribution in [-0.4, -0.2) is 17.3 Å². The van der Waals surface area contributed by atoms with Crippen molar-refractivity contribution in [2.75, 3.05) is 5.32 Å². The Hall–Kier alpha value is -1.06. The fourth-order valence-electron chi connectivity index (χ4n) is 2.98. The molecule has 20 heavy (non-hydrogen) atoms. The van der Waals surface area contributed by atoms with Crippen LogP contribution in [0.25, 0.3) is 10.8 Å². The topological polar surface area (TPSA) is 32.3 Å². The third kappa shape index (κ3) is 3.15. The molecule has 0 radical (unpaired) electrons. The Morgan fingerprint density at radius 2 is 1.70 bits per heavy atom. The molecule has 2 aromatic carbocycles. The van der Waals surface area contributed by atoms with Gasteiger partial charge in [0.15, 0.2) is 0 Å². The second-order valence-corrected chi connectivity index (χ2v) is 6.58. The highest BCUT2D eigenvalue weighted by Crippen LogP contribution is 2.26. The van der Waals surface area contributed by atoms with E-state index in [2.05, 4.69) is 57.6 Å². The zero-order chi connectivity index (χ0) is 13.9. The van der Waals surface area contributed by atoms with E-state index in [1.165, 1.54) is 23.6 Å². The Balaban J connectivity index is 1.81. The Bertz CT molecular complexity index is 599. The van der Waals surface area contributed by atoms with E-state index in [1.807, 2.05) is 0 Å². The molecule has 2 aromatic rings. The summed E-state index contributed by atoms with van der Waals surface area (Å²) in [5, 5.41) is 16.2. The third-order valence-electron chi connectivity index (χ3n) is 4.13. The summed E-state index contributed by atoms with van der Waals surface area (Å²) < 4.78 is 1.10. The van der Waals surface area contributed by atoms with Gasteiger partial charge in [0, 0.05) is 10.2 Å². The summed E-state index contributed by atoms with van der Waals surface area (Å²) in [5.74, 6) is 0. The Morgan fingerprint density at radius 3 is 2.60 bits per heavy atom. The van der Waals surface area contributed by atoms with Crippen LogP contribution < -0.4 is 5.32 Å². The summed E-state index contributed by atoms with van der Waals surface area (Å²) in [6.07, 6.45) is 5.33. The first-order valence-electron chi connectivity index (χ1n) is 7.36. The van der Waals surface area contributed by atoms with Gasteiger partial charge in [-0.3, -0.25) is 0 Å². The van der Waals surface area contributed by atoms with Crippen LogP contribution in [0.15, 0.2) is 40.9 Å². The lowest BCUT2D eigenvalue weighted by Crippen LogP contribution is -2.32. The van der Waals surface area contributed by atoms with Crippen LogP contribution in [0.1, 0.15) is 32.1 Å². The zero-order valence-electron chi connectivity index (χ0n) is 11.5. The lowest BCUT2D eigenvalue weighted by atomic mass is 10.0. The molecule has 0 aromatic heterocycles. The molecule has 2 N–H and O–H groups in total. The number of aliphatic hydroxyl groups is 1. The Labute approximate surface area is 128 Å². The van der Waals surface area contributed by atoms with Crippen molar-refractivity contribution in [2.24, 2.45) is 0 Å². The minimum Gasteiger partial charge on any atom is -0.391 e. The largest absolute Gasteiger partial charge is 0.391 e. The van der Waals surface area contributed by atoms with Crippen LogP contribution >= 0.6 is 15.9 Å². The van der Waals surface area contributed by atoms with Crippen molar-refractivity contribution in [3.63, 3.8) is 0 Å². The number of aliphatic hydroxyl groups excluding tert-OH is 1. The van der Waals surface area contributed by atoms with Crippen molar-refractivity contribution < 1.29 is 5.11 Å². The van der Waals surface area contributed by atoms with E-state index in [1.54, 1.807) is 0 Å². The average molecular weight is 334 g/mol. The molecule has 0 heterocycles. The first-order chi connectivity index (χ1) is 9.72. The van der Waals surface area contributed by atoms with E-state index >= 15 is 0 Å². The number of rotatable bonds is 2. The quantitative estimate of drug-likeness (QED) is 0.780. The van der Waals surface area contributed by atoms with Gasteiger partial charge in [0.25, 0.3) is 0 Å². The first kappa shape index (κ1) is 13.9. The van der Waals surface area contributed by atoms with Crippen LogP contribution in [0.5, 0.6) is 0 Å². The standard InChI is InChI=1S/C17H20BrNO/c18-14-8-6-13-11-15(9-7-12(13)10-14)19-16-4-2-1-3-5-17(16)20/h6-11,16-17,19-20H,1-5H2. The van der Waals surface area contributed by atoms with Crippen molar-refractivity contribution >= 4 is 32.4 Å². The molecule has 0 aliphatic heterocycles. The SMILES string of the molecule is OC1CCCCCC1Nc1ccc2cc(Br)ccc2c1. The van der Waals surface area contributed by atoms with Crippen molar-refractivity contribution in [1.29, 1.82) is 0 Å². The fourth-order valence-corrected chi connectivity index (χ4v) is 3.36. The molecule has 0 bridgehead atoms. The van der Waals surface area contributed by atoms with Crippen molar-refractivity contribution in [2.45, 2.75) is 44.2 Å². The molecule has 1 saturated carbocycles. The van der Waals surface area contributed by atoms with Gasteiger partial charge in [0.1, 0.15) is 0 Å². The molecular weight excluding hydrogens is 314 g/mol. The number of anilines is 1. The number of benzene rings is 2. The van der Waals surface area contributed by atoms with Crippen molar-refractivity contribution in [1.82, 2.24) is 0 Å². The number of hydrogen-bond acceptors (Lipinski definition) is 2. The maximum atomic E-state index is 10.2. The first-order valence-corrected chi connectivity index (χ1v) is 8.15. The van der Waals surface area contributed by atoms with Gasteiger partial charge in [-0.15, -0.1) is 0 Å². The summed E-state index contributed by atoms with van der Waals surface area (Å²) in [6.45, 7) is 0. The van der Waals surface area contributed by atoms with Gasteiger partial charge in [-0.1, -0.05) is 47.3 Å². The highest BCUT2D eigenvalue weighted by atomic mass is 79.9. The molecule has 1 aliphatic carbocycles. The van der Waals surface area contributed by atoms with Gasteiger partial charge in [-0.2, -0.15) is 0 Å². The van der Waals surface area contributed by atoms with Gasteiger partial charge < -0.3 is 10.4 Å². The van der Waals surface area contributed by atoms with E-state index in [0.29, 0.717) is 0 Å². The maximum absolute atomic E-state index is 10.2. The van der Waals surface area contributed by atoms with E-state index in [-0.39, 0.29) is 12.1 Å². The number of nitrogens with one attached hydrogen (secondary N) is 1. The maximum Gasteiger partial charge on any atom is 0.0741 e. The van der Waals surface area contributed by atoms with E-state index in [0.717, 1.165) is 29.4 Å². The van der Waals surface area contributed by atoms with E-state index < -0.39 is 0 Å². The van der Waals surface area contributed by atoms with Crippen LogP contribution in [0.2, 0.25) is 0 Å². The summed E-state index contributed by atoms with van der Waals surface area (Å²) in [6, 6.07) is 12.9. The van der Waals surface area contributed by atoms with E-state index in [9.17, 15) is 5.11 Å². The summed E-state index contributed by atoms with van der Waals surface area (Å²) in [5.41, 5.74) is 1.10. The van der Waals surface area contributed by atoms with Crippen LogP contribution in [0, 0.1) is 0 Å². The third-order valence-corrected chi connectivity index (χ3v) is 4.63. The monoisotopic (exact) mass is 333 g/mol. The lowest BCUT2D eigenvalue weighted by molar-refractivity contribution is 0.144. The molecule has 2 nitrogen and oxygen atoms in total. The number of halogens is 1. The minimum absolute atomic E-state index is 0.186. The predicted octanol–water partition coefficient (Wildman–Crippen LogP) is 4.71. The van der Waals surface area contributed by atoms with E-state index in [4.69, 9.17) is 0 Å². The predicted molar refractivity (Wildman–Crippen MR) is 88.2 cm³/mol. The van der Waals surface area contributed by atoms with Crippen LogP contribution in [0.3, 0.4) is 0 Å². The second kappa shape index (κ2) is 6.15. The molecule has 1 aliphatic rings. The van der Waals surface area contributed by atoms with Gasteiger partial charge in [-0.25, -0.2) is 0 Å². The summed E-state index contributed by atoms with van der Waals surface area (Å²) in [7, 11) is 0. The van der Waals surface area contributed by atoms with Crippen LogP contribution in [-0.2, 0) is 0 Å². The van der Waals surface area contributed by atoms with Crippen LogP contribution in [0.4, 0.5) is 5.69 Å². The molecule has 3 rings (SSSR count). The Morgan fingerprint density at radius 1 is 0.950 bits per heavy atom. The highest BCUT2D eigenvalue weighted by Gasteiger charge is 2.21. The zero-order valence-corrected chi connectivity index (χ0v) is 13.1. The Kier molecular flexibility index (Phi) is 4.27. The van der Waals surface area contributed by atoms with Gasteiger partial charge in [-0.05, 0) is 47.9 Å². The van der Waals surface area contributed by atoms with Gasteiger partial charge in [0.05, 0.1) is 12.1 Å². The molecule has 2 atom stereocenters. The smallest absolute Gasteiger partial charge is 0.0741 e. The molecular formula is C17H20BrNO. The molecule has 106 valence electrons. The minimum atomic E-state index is -0.224. The van der Waals surface area contributed by atoms with Crippen molar-refractivity contribution in [3.8, 4) is 0 Å². The summed E-state index contributed by atoms with van der Waals surface area (Å²) in [4.78, 5) is 0. The highest BCUT2D eigenvalue weighted by molar-refractivity contribution is 9.10. The normalized spacial score (nSPS) is 23.5. The molecule has 0 amide bonds. The average Bonchev–Trinajstić information content (AvgIpc) is 2.64. The van der Waals surface area contributed by atoms with Crippen molar-refractivity contribution in [3.05, 3.63) is 40.9 Å².